The van der Waals surface area contributed by atoms with Crippen molar-refractivity contribution in [1.82, 2.24) is 10.0 Å². The second-order valence-electron chi connectivity index (χ2n) is 7.40. The number of hydrogen-bond acceptors (Lipinski definition) is 4. The van der Waals surface area contributed by atoms with Gasteiger partial charge >= 0.3 is 0 Å². The van der Waals surface area contributed by atoms with Gasteiger partial charge in [0.2, 0.25) is 10.0 Å². The van der Waals surface area contributed by atoms with Crippen molar-refractivity contribution in [2.75, 3.05) is 13.1 Å². The number of sulfonamides is 1. The predicted molar refractivity (Wildman–Crippen MR) is 109 cm³/mol. The third kappa shape index (κ3) is 5.18. The molecule has 148 valence electrons. The fraction of sp³-hybridized carbons (Fsp3) is 0.333. The zero-order valence-electron chi connectivity index (χ0n) is 16.5. The van der Waals surface area contributed by atoms with Crippen LogP contribution in [0.5, 0.6) is 0 Å². The number of hydrogen-bond donors (Lipinski definition) is 2. The highest BCUT2D eigenvalue weighted by molar-refractivity contribution is 7.89. The molecule has 0 radical (unpaired) electrons. The summed E-state index contributed by atoms with van der Waals surface area (Å²) in [4.78, 5) is 12.6. The molecule has 2 aromatic rings. The van der Waals surface area contributed by atoms with E-state index in [0.717, 1.165) is 11.1 Å². The molecule has 0 aromatic heterocycles. The van der Waals surface area contributed by atoms with Crippen molar-refractivity contribution >= 4 is 15.9 Å². The van der Waals surface area contributed by atoms with E-state index in [1.165, 1.54) is 6.07 Å². The van der Waals surface area contributed by atoms with Crippen molar-refractivity contribution in [3.8, 4) is 6.07 Å². The molecule has 0 saturated carbocycles. The fourth-order valence-electron chi connectivity index (χ4n) is 2.81. The SMILES string of the molecule is Cc1cccc(C(C)(C)CNC(=O)c2ccc(C)c(S(=O)(=O)NCC#N)c2)c1. The molecule has 0 saturated heterocycles. The quantitative estimate of drug-likeness (QED) is 0.699. The smallest absolute Gasteiger partial charge is 0.251 e. The topological polar surface area (TPSA) is 99.1 Å². The maximum atomic E-state index is 12.6. The Bertz CT molecular complexity index is 1020. The first kappa shape index (κ1) is 21.6. The largest absolute Gasteiger partial charge is 0.351 e. The van der Waals surface area contributed by atoms with E-state index in [-0.39, 0.29) is 28.3 Å². The van der Waals surface area contributed by atoms with Crippen LogP contribution in [0, 0.1) is 25.2 Å². The normalized spacial score (nSPS) is 11.7. The molecule has 1 amide bonds. The molecule has 0 unspecified atom stereocenters. The number of benzene rings is 2. The summed E-state index contributed by atoms with van der Waals surface area (Å²) >= 11 is 0. The summed E-state index contributed by atoms with van der Waals surface area (Å²) in [6, 6.07) is 14.4. The van der Waals surface area contributed by atoms with E-state index < -0.39 is 10.0 Å². The van der Waals surface area contributed by atoms with Crippen molar-refractivity contribution in [3.05, 3.63) is 64.7 Å². The number of carbonyl (C=O) groups excluding carboxylic acids is 1. The van der Waals surface area contributed by atoms with Gasteiger partial charge in [-0.1, -0.05) is 49.7 Å². The number of nitrogens with one attached hydrogen (secondary N) is 2. The molecule has 0 aliphatic heterocycles. The lowest BCUT2D eigenvalue weighted by Gasteiger charge is -2.26. The first-order valence-corrected chi connectivity index (χ1v) is 10.4. The molecule has 0 atom stereocenters. The van der Waals surface area contributed by atoms with Crippen LogP contribution in [-0.2, 0) is 15.4 Å². The molecule has 0 aliphatic rings. The average Bonchev–Trinajstić information content (AvgIpc) is 2.65. The lowest BCUT2D eigenvalue weighted by atomic mass is 9.84. The molecule has 0 spiro atoms. The van der Waals surface area contributed by atoms with Crippen LogP contribution in [0.3, 0.4) is 0 Å². The van der Waals surface area contributed by atoms with Crippen molar-refractivity contribution in [2.45, 2.75) is 38.0 Å². The Balaban J connectivity index is 2.19. The zero-order chi connectivity index (χ0) is 20.9. The molecule has 2 N–H and O–H groups in total. The molecular weight excluding hydrogens is 374 g/mol. The minimum absolute atomic E-state index is 0.00616. The molecule has 2 aromatic carbocycles. The number of nitriles is 1. The maximum absolute atomic E-state index is 12.6. The Morgan fingerprint density at radius 1 is 1.14 bits per heavy atom. The van der Waals surface area contributed by atoms with Gasteiger partial charge in [-0.2, -0.15) is 9.98 Å². The highest BCUT2D eigenvalue weighted by Gasteiger charge is 2.23. The van der Waals surface area contributed by atoms with Gasteiger partial charge in [0.25, 0.3) is 5.91 Å². The lowest BCUT2D eigenvalue weighted by Crippen LogP contribution is -2.36. The summed E-state index contributed by atoms with van der Waals surface area (Å²) in [7, 11) is -3.85. The van der Waals surface area contributed by atoms with Gasteiger partial charge in [-0.15, -0.1) is 0 Å². The zero-order valence-corrected chi connectivity index (χ0v) is 17.4. The van der Waals surface area contributed by atoms with Crippen LogP contribution in [0.15, 0.2) is 47.4 Å². The number of aryl methyl sites for hydroxylation is 2. The minimum Gasteiger partial charge on any atom is -0.351 e. The van der Waals surface area contributed by atoms with Crippen LogP contribution in [0.2, 0.25) is 0 Å². The highest BCUT2D eigenvalue weighted by atomic mass is 32.2. The van der Waals surface area contributed by atoms with Crippen LogP contribution < -0.4 is 10.0 Å². The summed E-state index contributed by atoms with van der Waals surface area (Å²) in [6.07, 6.45) is 0. The molecule has 0 heterocycles. The second kappa shape index (κ2) is 8.55. The van der Waals surface area contributed by atoms with Gasteiger partial charge in [0.05, 0.1) is 17.5 Å². The Morgan fingerprint density at radius 2 is 1.86 bits per heavy atom. The maximum Gasteiger partial charge on any atom is 0.251 e. The molecule has 0 aliphatic carbocycles. The Morgan fingerprint density at radius 3 is 2.50 bits per heavy atom. The van der Waals surface area contributed by atoms with E-state index in [9.17, 15) is 13.2 Å². The predicted octanol–water partition coefficient (Wildman–Crippen LogP) is 2.81. The van der Waals surface area contributed by atoms with E-state index >= 15 is 0 Å². The van der Waals surface area contributed by atoms with Gasteiger partial charge in [0.1, 0.15) is 0 Å². The second-order valence-corrected chi connectivity index (χ2v) is 9.13. The van der Waals surface area contributed by atoms with Crippen molar-refractivity contribution in [1.29, 1.82) is 5.26 Å². The minimum atomic E-state index is -3.85. The summed E-state index contributed by atoms with van der Waals surface area (Å²) in [5.74, 6) is -0.350. The molecular formula is C21H25N3O3S. The summed E-state index contributed by atoms with van der Waals surface area (Å²) in [6.45, 7) is 7.81. The average molecular weight is 400 g/mol. The number of carbonyl (C=O) groups is 1. The van der Waals surface area contributed by atoms with E-state index in [1.54, 1.807) is 25.1 Å². The summed E-state index contributed by atoms with van der Waals surface area (Å²) in [5.41, 5.74) is 2.73. The summed E-state index contributed by atoms with van der Waals surface area (Å²) in [5, 5.41) is 11.5. The van der Waals surface area contributed by atoms with Crippen LogP contribution in [0.1, 0.15) is 40.9 Å². The molecule has 2 rings (SSSR count). The van der Waals surface area contributed by atoms with Gasteiger partial charge < -0.3 is 5.32 Å². The lowest BCUT2D eigenvalue weighted by molar-refractivity contribution is 0.0945. The van der Waals surface area contributed by atoms with Gasteiger partial charge in [-0.3, -0.25) is 4.79 Å². The standard InChI is InChI=1S/C21H25N3O3S/c1-15-6-5-7-18(12-15)21(3,4)14-23-20(25)17-9-8-16(2)19(13-17)28(26,27)24-11-10-22/h5-9,12-13,24H,11,14H2,1-4H3,(H,23,25). The number of nitrogens with zero attached hydrogens (tertiary/aromatic N) is 1. The molecule has 28 heavy (non-hydrogen) atoms. The van der Waals surface area contributed by atoms with Crippen LogP contribution in [0.4, 0.5) is 0 Å². The van der Waals surface area contributed by atoms with Crippen molar-refractivity contribution in [3.63, 3.8) is 0 Å². The molecule has 6 nitrogen and oxygen atoms in total. The third-order valence-corrected chi connectivity index (χ3v) is 6.11. The van der Waals surface area contributed by atoms with E-state index in [1.807, 2.05) is 39.0 Å². The van der Waals surface area contributed by atoms with E-state index in [2.05, 4.69) is 16.1 Å². The Kier molecular flexibility index (Phi) is 6.60. The third-order valence-electron chi connectivity index (χ3n) is 4.57. The Hall–Kier alpha value is -2.69. The van der Waals surface area contributed by atoms with Gasteiger partial charge in [0.15, 0.2) is 0 Å². The van der Waals surface area contributed by atoms with Crippen molar-refractivity contribution in [2.24, 2.45) is 0 Å². The van der Waals surface area contributed by atoms with Crippen LogP contribution in [0.25, 0.3) is 0 Å². The summed E-state index contributed by atoms with van der Waals surface area (Å²) < 4.78 is 26.8. The fourth-order valence-corrected chi connectivity index (χ4v) is 3.99. The molecule has 0 bridgehead atoms. The number of amides is 1. The molecule has 0 fully saturated rings. The first-order valence-electron chi connectivity index (χ1n) is 8.89. The van der Waals surface area contributed by atoms with Crippen LogP contribution >= 0.6 is 0 Å². The van der Waals surface area contributed by atoms with Gasteiger partial charge in [-0.25, -0.2) is 8.42 Å². The van der Waals surface area contributed by atoms with Gasteiger partial charge in [0, 0.05) is 17.5 Å². The molecule has 7 heteroatoms. The number of rotatable bonds is 7. The monoisotopic (exact) mass is 399 g/mol. The Labute approximate surface area is 166 Å². The van der Waals surface area contributed by atoms with E-state index in [4.69, 9.17) is 5.26 Å². The van der Waals surface area contributed by atoms with Gasteiger partial charge in [-0.05, 0) is 37.1 Å². The van der Waals surface area contributed by atoms with E-state index in [0.29, 0.717) is 12.1 Å². The highest BCUT2D eigenvalue weighted by Crippen LogP contribution is 2.23. The first-order chi connectivity index (χ1) is 13.1. The van der Waals surface area contributed by atoms with Crippen molar-refractivity contribution < 1.29 is 13.2 Å². The van der Waals surface area contributed by atoms with Crippen LogP contribution in [-0.4, -0.2) is 27.4 Å².